The Kier molecular flexibility index (Phi) is 3.38. The van der Waals surface area contributed by atoms with E-state index in [0.717, 1.165) is 36.0 Å². The highest BCUT2D eigenvalue weighted by molar-refractivity contribution is 5.46. The van der Waals surface area contributed by atoms with Crippen LogP contribution in [0.25, 0.3) is 0 Å². The topological polar surface area (TPSA) is 72.4 Å². The molecule has 3 heterocycles. The van der Waals surface area contributed by atoms with E-state index in [-0.39, 0.29) is 6.79 Å². The summed E-state index contributed by atoms with van der Waals surface area (Å²) in [5.74, 6) is 3.00. The van der Waals surface area contributed by atoms with E-state index in [1.54, 1.807) is 6.20 Å². The second-order valence-corrected chi connectivity index (χ2v) is 5.37. The molecular weight excluding hydrogens is 282 g/mol. The Morgan fingerprint density at radius 2 is 2.00 bits per heavy atom. The zero-order valence-electron chi connectivity index (χ0n) is 12.2. The van der Waals surface area contributed by atoms with Crippen molar-refractivity contribution in [1.29, 1.82) is 0 Å². The van der Waals surface area contributed by atoms with Gasteiger partial charge in [-0.1, -0.05) is 6.07 Å². The largest absolute Gasteiger partial charge is 0.454 e. The van der Waals surface area contributed by atoms with Crippen LogP contribution in [0.4, 0.5) is 11.8 Å². The highest BCUT2D eigenvalue weighted by Crippen LogP contribution is 2.32. The van der Waals surface area contributed by atoms with Crippen LogP contribution in [-0.2, 0) is 6.54 Å². The average molecular weight is 299 g/mol. The van der Waals surface area contributed by atoms with Gasteiger partial charge in [0.15, 0.2) is 17.3 Å². The minimum atomic E-state index is 0.289. The number of hydrogen-bond donors (Lipinski definition) is 1. The van der Waals surface area contributed by atoms with Crippen LogP contribution in [0.3, 0.4) is 0 Å². The number of hydrogen-bond acceptors (Lipinski definition) is 7. The molecule has 22 heavy (non-hydrogen) atoms. The standard InChI is InChI=1S/C15H17N5O2/c1-2-6-20(5-1)14-9-17-19-15(18-14)16-8-11-3-4-12-13(7-11)22-10-21-12/h3-4,7,9H,1-2,5-6,8,10H2,(H,16,18,19). The number of nitrogens with one attached hydrogen (secondary N) is 1. The first-order chi connectivity index (χ1) is 10.9. The van der Waals surface area contributed by atoms with E-state index in [1.807, 2.05) is 18.2 Å². The van der Waals surface area contributed by atoms with Crippen molar-refractivity contribution in [2.24, 2.45) is 0 Å². The van der Waals surface area contributed by atoms with Gasteiger partial charge in [0, 0.05) is 19.6 Å². The molecule has 1 aromatic heterocycles. The van der Waals surface area contributed by atoms with Crippen molar-refractivity contribution >= 4 is 11.8 Å². The van der Waals surface area contributed by atoms with Gasteiger partial charge in [-0.15, -0.1) is 5.10 Å². The molecule has 0 atom stereocenters. The molecule has 2 aromatic rings. The van der Waals surface area contributed by atoms with E-state index >= 15 is 0 Å². The second kappa shape index (κ2) is 5.67. The minimum Gasteiger partial charge on any atom is -0.454 e. The highest BCUT2D eigenvalue weighted by Gasteiger charge is 2.15. The van der Waals surface area contributed by atoms with Gasteiger partial charge in [-0.2, -0.15) is 10.1 Å². The summed E-state index contributed by atoms with van der Waals surface area (Å²) < 4.78 is 10.7. The number of rotatable bonds is 4. The third-order valence-electron chi connectivity index (χ3n) is 3.86. The maximum absolute atomic E-state index is 5.38. The second-order valence-electron chi connectivity index (χ2n) is 5.37. The average Bonchev–Trinajstić information content (AvgIpc) is 3.24. The van der Waals surface area contributed by atoms with E-state index in [1.165, 1.54) is 12.8 Å². The van der Waals surface area contributed by atoms with Crippen molar-refractivity contribution in [2.45, 2.75) is 19.4 Å². The zero-order chi connectivity index (χ0) is 14.8. The summed E-state index contributed by atoms with van der Waals surface area (Å²) >= 11 is 0. The Balaban J connectivity index is 1.44. The Hall–Kier alpha value is -2.57. The molecule has 0 spiro atoms. The summed E-state index contributed by atoms with van der Waals surface area (Å²) in [7, 11) is 0. The monoisotopic (exact) mass is 299 g/mol. The fourth-order valence-corrected chi connectivity index (χ4v) is 2.70. The van der Waals surface area contributed by atoms with Crippen molar-refractivity contribution in [3.8, 4) is 11.5 Å². The Morgan fingerprint density at radius 1 is 1.14 bits per heavy atom. The molecule has 0 saturated carbocycles. The summed E-state index contributed by atoms with van der Waals surface area (Å²) in [5, 5.41) is 11.3. The SMILES string of the molecule is c1cc2c(cc1CNc1nncc(N3CCCC3)n1)OCO2. The van der Waals surface area contributed by atoms with Crippen LogP contribution >= 0.6 is 0 Å². The number of aromatic nitrogens is 3. The Morgan fingerprint density at radius 3 is 2.91 bits per heavy atom. The van der Waals surface area contributed by atoms with Crippen molar-refractivity contribution in [2.75, 3.05) is 30.1 Å². The molecule has 114 valence electrons. The molecule has 1 aromatic carbocycles. The van der Waals surface area contributed by atoms with E-state index in [4.69, 9.17) is 9.47 Å². The first-order valence-corrected chi connectivity index (χ1v) is 7.45. The molecule has 0 radical (unpaired) electrons. The van der Waals surface area contributed by atoms with E-state index in [9.17, 15) is 0 Å². The normalized spacial score (nSPS) is 16.1. The van der Waals surface area contributed by atoms with Gasteiger partial charge in [0.2, 0.25) is 12.7 Å². The number of anilines is 2. The van der Waals surface area contributed by atoms with Crippen LogP contribution in [0.15, 0.2) is 24.4 Å². The molecule has 0 aliphatic carbocycles. The molecule has 7 heteroatoms. The van der Waals surface area contributed by atoms with Gasteiger partial charge < -0.3 is 19.7 Å². The van der Waals surface area contributed by atoms with Crippen LogP contribution in [0.2, 0.25) is 0 Å². The molecule has 1 saturated heterocycles. The molecule has 2 aliphatic heterocycles. The Labute approximate surface area is 128 Å². The lowest BCUT2D eigenvalue weighted by Crippen LogP contribution is -2.20. The van der Waals surface area contributed by atoms with Crippen LogP contribution in [0.5, 0.6) is 11.5 Å². The predicted octanol–water partition coefficient (Wildman–Crippen LogP) is 1.81. The fraction of sp³-hybridized carbons (Fsp3) is 0.400. The van der Waals surface area contributed by atoms with Gasteiger partial charge in [-0.3, -0.25) is 0 Å². The van der Waals surface area contributed by atoms with Crippen molar-refractivity contribution < 1.29 is 9.47 Å². The smallest absolute Gasteiger partial charge is 0.244 e. The van der Waals surface area contributed by atoms with Crippen LogP contribution in [-0.4, -0.2) is 35.1 Å². The summed E-state index contributed by atoms with van der Waals surface area (Å²) in [6.45, 7) is 2.99. The van der Waals surface area contributed by atoms with Crippen LogP contribution in [0, 0.1) is 0 Å². The van der Waals surface area contributed by atoms with Crippen molar-refractivity contribution in [3.05, 3.63) is 30.0 Å². The molecule has 4 rings (SSSR count). The number of ether oxygens (including phenoxy) is 2. The molecule has 0 amide bonds. The molecule has 1 N–H and O–H groups in total. The van der Waals surface area contributed by atoms with Gasteiger partial charge in [0.1, 0.15) is 0 Å². The maximum atomic E-state index is 5.38. The highest BCUT2D eigenvalue weighted by atomic mass is 16.7. The number of benzene rings is 1. The van der Waals surface area contributed by atoms with Crippen molar-refractivity contribution in [3.63, 3.8) is 0 Å². The summed E-state index contributed by atoms with van der Waals surface area (Å²) in [4.78, 5) is 6.76. The number of fused-ring (bicyclic) bond motifs is 1. The van der Waals surface area contributed by atoms with Gasteiger partial charge in [0.25, 0.3) is 0 Å². The zero-order valence-corrected chi connectivity index (χ0v) is 12.2. The molecule has 1 fully saturated rings. The maximum Gasteiger partial charge on any atom is 0.244 e. The third-order valence-corrected chi connectivity index (χ3v) is 3.86. The molecular formula is C15H17N5O2. The van der Waals surface area contributed by atoms with Gasteiger partial charge in [-0.05, 0) is 30.5 Å². The van der Waals surface area contributed by atoms with Gasteiger partial charge >= 0.3 is 0 Å². The summed E-state index contributed by atoms with van der Waals surface area (Å²) in [5.41, 5.74) is 1.08. The Bertz CT molecular complexity index is 673. The lowest BCUT2D eigenvalue weighted by Gasteiger charge is -2.15. The number of nitrogens with zero attached hydrogens (tertiary/aromatic N) is 4. The predicted molar refractivity (Wildman–Crippen MR) is 81.2 cm³/mol. The van der Waals surface area contributed by atoms with E-state index in [2.05, 4.69) is 25.4 Å². The van der Waals surface area contributed by atoms with Crippen LogP contribution in [0.1, 0.15) is 18.4 Å². The lowest BCUT2D eigenvalue weighted by atomic mass is 10.2. The van der Waals surface area contributed by atoms with Gasteiger partial charge in [0.05, 0.1) is 6.20 Å². The van der Waals surface area contributed by atoms with Crippen molar-refractivity contribution in [1.82, 2.24) is 15.2 Å². The lowest BCUT2D eigenvalue weighted by molar-refractivity contribution is 0.174. The molecule has 0 unspecified atom stereocenters. The molecule has 0 bridgehead atoms. The molecule has 2 aliphatic rings. The van der Waals surface area contributed by atoms with Gasteiger partial charge in [-0.25, -0.2) is 0 Å². The first-order valence-electron chi connectivity index (χ1n) is 7.45. The fourth-order valence-electron chi connectivity index (χ4n) is 2.70. The minimum absolute atomic E-state index is 0.289. The van der Waals surface area contributed by atoms with Crippen LogP contribution < -0.4 is 19.7 Å². The quantitative estimate of drug-likeness (QED) is 0.923. The summed E-state index contributed by atoms with van der Waals surface area (Å²) in [6.07, 6.45) is 4.14. The first kappa shape index (κ1) is 13.1. The van der Waals surface area contributed by atoms with E-state index in [0.29, 0.717) is 12.5 Å². The molecule has 7 nitrogen and oxygen atoms in total. The van der Waals surface area contributed by atoms with E-state index < -0.39 is 0 Å². The third kappa shape index (κ3) is 2.61. The summed E-state index contributed by atoms with van der Waals surface area (Å²) in [6, 6.07) is 5.88.